The molecule has 8 heteroatoms. The first-order valence-corrected chi connectivity index (χ1v) is 5.27. The van der Waals surface area contributed by atoms with Crippen LogP contribution in [0.3, 0.4) is 0 Å². The number of nitrogens with zero attached hydrogens (tertiary/aromatic N) is 1. The van der Waals surface area contributed by atoms with Crippen LogP contribution >= 0.6 is 11.5 Å². The fourth-order valence-corrected chi connectivity index (χ4v) is 1.72. The zero-order chi connectivity index (χ0) is 10.3. The highest BCUT2D eigenvalue weighted by Crippen LogP contribution is 2.15. The average Bonchev–Trinajstić information content (AvgIpc) is 2.80. The monoisotopic (exact) mass is 213 g/mol. The maximum atomic E-state index is 4.04. The Kier molecular flexibility index (Phi) is 4.22. The Labute approximate surface area is 94.9 Å². The second-order valence-corrected chi connectivity index (χ2v) is 3.63. The lowest BCUT2D eigenvalue weighted by Gasteiger charge is -2.07. The number of aromatic nitrogens is 1. The lowest BCUT2D eigenvalue weighted by Crippen LogP contribution is -2.55. The Bertz CT molecular complexity index is 364. The highest BCUT2D eigenvalue weighted by atomic mass is 32.1. The Morgan fingerprint density at radius 3 is 2.27 bits per heavy atom. The van der Waals surface area contributed by atoms with Crippen molar-refractivity contribution in [3.8, 4) is 0 Å². The van der Waals surface area contributed by atoms with Crippen molar-refractivity contribution in [1.29, 1.82) is 0 Å². The molecule has 71 valence electrons. The maximum Gasteiger partial charge on any atom is 0.284 e. The van der Waals surface area contributed by atoms with Crippen molar-refractivity contribution in [2.24, 2.45) is 0 Å². The lowest BCUT2D eigenvalue weighted by atomic mass is 9.85. The van der Waals surface area contributed by atoms with Gasteiger partial charge in [0.15, 0.2) is 0 Å². The van der Waals surface area contributed by atoms with Gasteiger partial charge in [0, 0.05) is 11.6 Å². The molecule has 4 nitrogen and oxygen atoms in total. The molecule has 1 aliphatic heterocycles. The van der Waals surface area contributed by atoms with E-state index in [4.69, 9.17) is 0 Å². The van der Waals surface area contributed by atoms with E-state index in [0.717, 1.165) is 0 Å². The number of benzene rings is 1. The summed E-state index contributed by atoms with van der Waals surface area (Å²) < 4.78 is 5.30. The SMILES string of the molecule is [B]1N[B]N[B]N1.c1ccc2sncc2c1. The first kappa shape index (κ1) is 10.7. The number of rotatable bonds is 0. The van der Waals surface area contributed by atoms with E-state index in [2.05, 4.69) is 31.9 Å². The highest BCUT2D eigenvalue weighted by molar-refractivity contribution is 7.13. The number of fused-ring (bicyclic) bond motifs is 1. The summed E-state index contributed by atoms with van der Waals surface area (Å²) in [5.41, 5.74) is 0. The van der Waals surface area contributed by atoms with Gasteiger partial charge in [-0.2, -0.15) is 4.37 Å². The van der Waals surface area contributed by atoms with Gasteiger partial charge in [-0.25, -0.2) is 0 Å². The smallest absolute Gasteiger partial charge is 0.284 e. The summed E-state index contributed by atoms with van der Waals surface area (Å²) in [7, 11) is 5.16. The number of hydrogen-bond acceptors (Lipinski definition) is 5. The van der Waals surface area contributed by atoms with Gasteiger partial charge in [-0.05, 0) is 17.6 Å². The quantitative estimate of drug-likeness (QED) is 0.524. The number of nitrogens with one attached hydrogen (secondary N) is 3. The Morgan fingerprint density at radius 2 is 1.67 bits per heavy atom. The molecule has 0 bridgehead atoms. The fraction of sp³-hybridized carbons (Fsp3) is 0. The molecule has 0 spiro atoms. The van der Waals surface area contributed by atoms with Crippen molar-refractivity contribution in [1.82, 2.24) is 19.8 Å². The molecule has 1 fully saturated rings. The van der Waals surface area contributed by atoms with E-state index in [1.165, 1.54) is 21.6 Å². The van der Waals surface area contributed by atoms with Crippen molar-refractivity contribution in [2.45, 2.75) is 0 Å². The van der Waals surface area contributed by atoms with Gasteiger partial charge in [-0.15, -0.1) is 0 Å². The minimum Gasteiger partial charge on any atom is -0.379 e. The summed E-state index contributed by atoms with van der Waals surface area (Å²) in [5.74, 6) is 0. The maximum absolute atomic E-state index is 4.04. The second kappa shape index (κ2) is 5.92. The average molecular weight is 213 g/mol. The molecule has 1 aliphatic rings. The van der Waals surface area contributed by atoms with Crippen LogP contribution in [0.5, 0.6) is 0 Å². The summed E-state index contributed by atoms with van der Waals surface area (Å²) in [5, 5.41) is 9.58. The van der Waals surface area contributed by atoms with E-state index in [0.29, 0.717) is 0 Å². The van der Waals surface area contributed by atoms with Crippen LogP contribution in [0.4, 0.5) is 0 Å². The van der Waals surface area contributed by atoms with E-state index in [-0.39, 0.29) is 0 Å². The molecule has 3 rings (SSSR count). The molecule has 1 aromatic heterocycles. The second-order valence-electron chi connectivity index (χ2n) is 2.80. The first-order valence-electron chi connectivity index (χ1n) is 4.49. The van der Waals surface area contributed by atoms with E-state index >= 15 is 0 Å². The predicted octanol–water partition coefficient (Wildman–Crippen LogP) is -0.332. The molecule has 0 unspecified atom stereocenters. The molecule has 0 saturated carbocycles. The predicted molar refractivity (Wildman–Crippen MR) is 66.3 cm³/mol. The minimum atomic E-state index is 1.24. The largest absolute Gasteiger partial charge is 0.379 e. The molecule has 1 aromatic carbocycles. The standard InChI is InChI=1S/C7H5NS.B3H3N3/c1-2-4-7-6(3-1)5-8-9-7;1-4-2-6-3-5-1/h1-5H;4-6H. The topological polar surface area (TPSA) is 49.0 Å². The van der Waals surface area contributed by atoms with Crippen molar-refractivity contribution in [3.63, 3.8) is 0 Å². The molecule has 0 atom stereocenters. The Morgan fingerprint density at radius 1 is 1.00 bits per heavy atom. The molecule has 1 saturated heterocycles. The van der Waals surface area contributed by atoms with Gasteiger partial charge in [0.1, 0.15) is 0 Å². The Hall–Kier alpha value is -0.815. The molecule has 0 amide bonds. The molecule has 0 aliphatic carbocycles. The minimum absolute atomic E-state index is 1.24. The van der Waals surface area contributed by atoms with Crippen LogP contribution in [0.1, 0.15) is 0 Å². The molecule has 3 radical (unpaired) electrons. The third kappa shape index (κ3) is 3.35. The van der Waals surface area contributed by atoms with Gasteiger partial charge in [-0.1, -0.05) is 18.2 Å². The van der Waals surface area contributed by atoms with Crippen molar-refractivity contribution < 1.29 is 0 Å². The van der Waals surface area contributed by atoms with Crippen LogP contribution < -0.4 is 15.4 Å². The zero-order valence-corrected chi connectivity index (χ0v) is 8.79. The zero-order valence-electron chi connectivity index (χ0n) is 7.97. The van der Waals surface area contributed by atoms with Gasteiger partial charge in [-0.3, -0.25) is 0 Å². The van der Waals surface area contributed by atoms with Gasteiger partial charge in [0.25, 0.3) is 22.6 Å². The van der Waals surface area contributed by atoms with Crippen molar-refractivity contribution in [3.05, 3.63) is 30.5 Å². The molecule has 2 heterocycles. The van der Waals surface area contributed by atoms with E-state index < -0.39 is 0 Å². The summed E-state index contributed by atoms with van der Waals surface area (Å²) >= 11 is 1.54. The third-order valence-electron chi connectivity index (χ3n) is 1.76. The summed E-state index contributed by atoms with van der Waals surface area (Å²) in [6, 6.07) is 8.20. The van der Waals surface area contributed by atoms with Gasteiger partial charge in [0.05, 0.1) is 4.70 Å². The van der Waals surface area contributed by atoms with Gasteiger partial charge >= 0.3 is 0 Å². The molecule has 2 aromatic rings. The normalized spacial score (nSPS) is 14.1. The van der Waals surface area contributed by atoms with Crippen LogP contribution in [0, 0.1) is 0 Å². The number of hydrogen-bond donors (Lipinski definition) is 3. The van der Waals surface area contributed by atoms with Crippen LogP contribution in [0.25, 0.3) is 10.1 Å². The fourth-order valence-electron chi connectivity index (χ4n) is 1.08. The molecule has 3 N–H and O–H groups in total. The molecular weight excluding hydrogens is 205 g/mol. The Balaban J connectivity index is 0.000000124. The van der Waals surface area contributed by atoms with E-state index in [9.17, 15) is 0 Å². The van der Waals surface area contributed by atoms with Crippen LogP contribution in [-0.4, -0.2) is 27.0 Å². The third-order valence-corrected chi connectivity index (χ3v) is 2.54. The summed E-state index contributed by atoms with van der Waals surface area (Å²) in [6.07, 6.45) is 1.89. The van der Waals surface area contributed by atoms with Crippen molar-refractivity contribution >= 4 is 44.3 Å². The summed E-state index contributed by atoms with van der Waals surface area (Å²) in [6.45, 7) is 0. The summed E-state index contributed by atoms with van der Waals surface area (Å²) in [4.78, 5) is 0. The van der Waals surface area contributed by atoms with Gasteiger partial charge < -0.3 is 15.4 Å². The van der Waals surface area contributed by atoms with Crippen LogP contribution in [0.2, 0.25) is 0 Å². The van der Waals surface area contributed by atoms with Crippen LogP contribution in [0.15, 0.2) is 30.5 Å². The first-order chi connectivity index (χ1) is 7.47. The molecule has 15 heavy (non-hydrogen) atoms. The highest BCUT2D eigenvalue weighted by Gasteiger charge is 1.98. The van der Waals surface area contributed by atoms with Gasteiger partial charge in [0.2, 0.25) is 0 Å². The molecular formula is C7H8B3N4S. The van der Waals surface area contributed by atoms with Crippen LogP contribution in [-0.2, 0) is 0 Å². The lowest BCUT2D eigenvalue weighted by molar-refractivity contribution is 1.28. The van der Waals surface area contributed by atoms with Crippen molar-refractivity contribution in [2.75, 3.05) is 0 Å². The van der Waals surface area contributed by atoms with E-state index in [1.807, 2.05) is 18.3 Å². The van der Waals surface area contributed by atoms with E-state index in [1.54, 1.807) is 22.6 Å².